The average Bonchev–Trinajstić information content (AvgIpc) is 3.14. The van der Waals surface area contributed by atoms with Crippen LogP contribution < -0.4 is 0 Å². The van der Waals surface area contributed by atoms with Crippen molar-refractivity contribution >= 4 is 5.91 Å². The van der Waals surface area contributed by atoms with Crippen LogP contribution in [0.5, 0.6) is 0 Å². The Morgan fingerprint density at radius 2 is 1.96 bits per heavy atom. The molecule has 1 aliphatic heterocycles. The topological polar surface area (TPSA) is 77.1 Å². The second kappa shape index (κ2) is 6.03. The Morgan fingerprint density at radius 1 is 1.17 bits per heavy atom. The second-order valence-electron chi connectivity index (χ2n) is 6.88. The van der Waals surface area contributed by atoms with Gasteiger partial charge < -0.3 is 9.32 Å². The molecular formula is C17H23N5O2. The maximum absolute atomic E-state index is 13.0. The highest BCUT2D eigenvalue weighted by atomic mass is 16.4. The molecule has 24 heavy (non-hydrogen) atoms. The van der Waals surface area contributed by atoms with E-state index in [1.54, 1.807) is 10.9 Å². The van der Waals surface area contributed by atoms with Gasteiger partial charge in [-0.3, -0.25) is 9.48 Å². The Bertz CT molecular complexity index is 746. The highest BCUT2D eigenvalue weighted by molar-refractivity contribution is 5.95. The highest BCUT2D eigenvalue weighted by Crippen LogP contribution is 2.38. The monoisotopic (exact) mass is 329 g/mol. The number of carbonyl (C=O) groups is 1. The summed E-state index contributed by atoms with van der Waals surface area (Å²) in [6.07, 6.45) is 8.09. The predicted octanol–water partition coefficient (Wildman–Crippen LogP) is 2.75. The molecule has 1 aliphatic carbocycles. The van der Waals surface area contributed by atoms with Gasteiger partial charge in [0.1, 0.15) is 6.04 Å². The van der Waals surface area contributed by atoms with E-state index in [-0.39, 0.29) is 11.9 Å². The van der Waals surface area contributed by atoms with Crippen molar-refractivity contribution in [1.82, 2.24) is 24.9 Å². The van der Waals surface area contributed by atoms with Gasteiger partial charge in [0.25, 0.3) is 5.91 Å². The average molecular weight is 329 g/mol. The number of piperidine rings is 1. The summed E-state index contributed by atoms with van der Waals surface area (Å²) in [5.74, 6) is 1.76. The Morgan fingerprint density at radius 3 is 2.62 bits per heavy atom. The molecule has 0 N–H and O–H groups in total. The van der Waals surface area contributed by atoms with E-state index in [9.17, 15) is 4.79 Å². The molecule has 128 valence electrons. The van der Waals surface area contributed by atoms with Gasteiger partial charge in [0.2, 0.25) is 11.8 Å². The second-order valence-corrected chi connectivity index (χ2v) is 6.88. The van der Waals surface area contributed by atoms with Crippen LogP contribution in [0.15, 0.2) is 10.6 Å². The van der Waals surface area contributed by atoms with Crippen LogP contribution >= 0.6 is 0 Å². The molecule has 2 aliphatic rings. The van der Waals surface area contributed by atoms with Crippen LogP contribution in [0.2, 0.25) is 0 Å². The number of aromatic nitrogens is 4. The number of hydrogen-bond acceptors (Lipinski definition) is 5. The van der Waals surface area contributed by atoms with Crippen molar-refractivity contribution in [3.8, 4) is 0 Å². The normalized spacial score (nSPS) is 21.8. The zero-order valence-electron chi connectivity index (χ0n) is 14.2. The first-order valence-corrected chi connectivity index (χ1v) is 8.78. The minimum Gasteiger partial charge on any atom is -0.423 e. The summed E-state index contributed by atoms with van der Waals surface area (Å²) in [7, 11) is 1.85. The first-order chi connectivity index (χ1) is 11.6. The van der Waals surface area contributed by atoms with Crippen LogP contribution in [0.25, 0.3) is 0 Å². The Labute approximate surface area is 141 Å². The molecule has 2 fully saturated rings. The lowest BCUT2D eigenvalue weighted by Crippen LogP contribution is -2.38. The van der Waals surface area contributed by atoms with Crippen LogP contribution in [-0.4, -0.2) is 37.3 Å². The Balaban J connectivity index is 1.59. The van der Waals surface area contributed by atoms with Crippen molar-refractivity contribution < 1.29 is 9.21 Å². The molecule has 7 heteroatoms. The summed E-state index contributed by atoms with van der Waals surface area (Å²) >= 11 is 0. The number of rotatable bonds is 3. The minimum atomic E-state index is -0.118. The predicted molar refractivity (Wildman–Crippen MR) is 86.5 cm³/mol. The molecule has 0 bridgehead atoms. The molecule has 4 rings (SSSR count). The van der Waals surface area contributed by atoms with E-state index in [1.165, 1.54) is 6.42 Å². The van der Waals surface area contributed by atoms with E-state index in [0.717, 1.165) is 50.2 Å². The maximum atomic E-state index is 13.0. The van der Waals surface area contributed by atoms with Gasteiger partial charge in [-0.15, -0.1) is 10.2 Å². The summed E-state index contributed by atoms with van der Waals surface area (Å²) in [6.45, 7) is 2.64. The summed E-state index contributed by atoms with van der Waals surface area (Å²) in [5, 5.41) is 12.7. The minimum absolute atomic E-state index is 0.00805. The number of carbonyl (C=O) groups excluding carboxylic acids is 1. The standard InChI is InChI=1S/C17H23N5O2/c1-11-13(10-18-21(11)2)17(23)22-9-4-3-8-14(22)16-20-19-15(24-16)12-6-5-7-12/h10,12,14H,3-9H2,1-2H3. The van der Waals surface area contributed by atoms with E-state index in [1.807, 2.05) is 18.9 Å². The third-order valence-electron chi connectivity index (χ3n) is 5.43. The van der Waals surface area contributed by atoms with Gasteiger partial charge >= 0.3 is 0 Å². The van der Waals surface area contributed by atoms with E-state index < -0.39 is 0 Å². The molecule has 3 heterocycles. The number of likely N-dealkylation sites (tertiary alicyclic amines) is 1. The van der Waals surface area contributed by atoms with Crippen LogP contribution in [0.1, 0.15) is 78.3 Å². The van der Waals surface area contributed by atoms with Crippen LogP contribution in [0.4, 0.5) is 0 Å². The van der Waals surface area contributed by atoms with Gasteiger partial charge in [0, 0.05) is 25.2 Å². The molecule has 0 spiro atoms. The van der Waals surface area contributed by atoms with Crippen LogP contribution in [0, 0.1) is 6.92 Å². The fraction of sp³-hybridized carbons (Fsp3) is 0.647. The molecule has 7 nitrogen and oxygen atoms in total. The van der Waals surface area contributed by atoms with Gasteiger partial charge in [-0.25, -0.2) is 0 Å². The van der Waals surface area contributed by atoms with Crippen molar-refractivity contribution in [1.29, 1.82) is 0 Å². The molecule has 1 saturated carbocycles. The zero-order chi connectivity index (χ0) is 16.7. The summed E-state index contributed by atoms with van der Waals surface area (Å²) in [4.78, 5) is 14.9. The van der Waals surface area contributed by atoms with E-state index in [2.05, 4.69) is 15.3 Å². The number of hydrogen-bond donors (Lipinski definition) is 0. The number of nitrogens with zero attached hydrogens (tertiary/aromatic N) is 5. The first-order valence-electron chi connectivity index (χ1n) is 8.78. The summed E-state index contributed by atoms with van der Waals surface area (Å²) < 4.78 is 7.67. The Kier molecular flexibility index (Phi) is 3.86. The van der Waals surface area contributed by atoms with Crippen molar-refractivity contribution in [2.45, 2.75) is 57.4 Å². The van der Waals surface area contributed by atoms with Gasteiger partial charge in [-0.1, -0.05) is 6.42 Å². The van der Waals surface area contributed by atoms with Gasteiger partial charge in [-0.05, 0) is 39.0 Å². The lowest BCUT2D eigenvalue weighted by Gasteiger charge is -2.33. The van der Waals surface area contributed by atoms with Crippen LogP contribution in [-0.2, 0) is 7.05 Å². The quantitative estimate of drug-likeness (QED) is 0.865. The Hall–Kier alpha value is -2.18. The fourth-order valence-electron chi connectivity index (χ4n) is 3.50. The molecule has 0 radical (unpaired) electrons. The summed E-state index contributed by atoms with van der Waals surface area (Å²) in [6, 6.07) is -0.118. The van der Waals surface area contributed by atoms with Crippen molar-refractivity contribution in [3.05, 3.63) is 29.2 Å². The molecule has 1 atom stereocenters. The summed E-state index contributed by atoms with van der Waals surface area (Å²) in [5.41, 5.74) is 1.54. The molecule has 2 aromatic rings. The smallest absolute Gasteiger partial charge is 0.258 e. The molecule has 1 unspecified atom stereocenters. The lowest BCUT2D eigenvalue weighted by molar-refractivity contribution is 0.0567. The number of aryl methyl sites for hydroxylation is 1. The SMILES string of the molecule is Cc1c(C(=O)N2CCCCC2c2nnc(C3CCC3)o2)cnn1C. The van der Waals surface area contributed by atoms with E-state index >= 15 is 0 Å². The molecule has 0 aromatic carbocycles. The van der Waals surface area contributed by atoms with E-state index in [4.69, 9.17) is 4.42 Å². The third kappa shape index (κ3) is 2.52. The largest absolute Gasteiger partial charge is 0.423 e. The molecule has 1 saturated heterocycles. The van der Waals surface area contributed by atoms with Crippen molar-refractivity contribution in [2.24, 2.45) is 7.05 Å². The van der Waals surface area contributed by atoms with Crippen molar-refractivity contribution in [3.63, 3.8) is 0 Å². The molecule has 1 amide bonds. The van der Waals surface area contributed by atoms with Gasteiger partial charge in [-0.2, -0.15) is 5.10 Å². The highest BCUT2D eigenvalue weighted by Gasteiger charge is 2.35. The third-order valence-corrected chi connectivity index (χ3v) is 5.43. The zero-order valence-corrected chi connectivity index (χ0v) is 14.2. The fourth-order valence-corrected chi connectivity index (χ4v) is 3.50. The molecule has 2 aromatic heterocycles. The van der Waals surface area contributed by atoms with Crippen LogP contribution in [0.3, 0.4) is 0 Å². The lowest BCUT2D eigenvalue weighted by atomic mass is 9.85. The van der Waals surface area contributed by atoms with Crippen molar-refractivity contribution in [2.75, 3.05) is 6.54 Å². The van der Waals surface area contributed by atoms with E-state index in [0.29, 0.717) is 17.4 Å². The number of amides is 1. The molecular weight excluding hydrogens is 306 g/mol. The van der Waals surface area contributed by atoms with Gasteiger partial charge in [0.15, 0.2) is 0 Å². The first kappa shape index (κ1) is 15.4. The maximum Gasteiger partial charge on any atom is 0.258 e. The van der Waals surface area contributed by atoms with Gasteiger partial charge in [0.05, 0.1) is 11.8 Å².